The van der Waals surface area contributed by atoms with E-state index in [2.05, 4.69) is 9.47 Å². The molecule has 0 saturated carbocycles. The summed E-state index contributed by atoms with van der Waals surface area (Å²) in [7, 11) is 0.983. The summed E-state index contributed by atoms with van der Waals surface area (Å²) in [6.45, 7) is 1.11. The van der Waals surface area contributed by atoms with Crippen LogP contribution in [0, 0.1) is 0 Å². The molecule has 130 valence electrons. The Morgan fingerprint density at radius 2 is 2.08 bits per heavy atom. The molecule has 5 nitrogen and oxygen atoms in total. The molecule has 0 aromatic heterocycles. The smallest absolute Gasteiger partial charge is 0.390 e. The number of methoxy groups -OCH3 is 1. The van der Waals surface area contributed by atoms with Crippen LogP contribution >= 0.6 is 23.4 Å². The average molecular weight is 379 g/mol. The van der Waals surface area contributed by atoms with Crippen LogP contribution in [0.5, 0.6) is 0 Å². The van der Waals surface area contributed by atoms with Crippen LogP contribution in [-0.4, -0.2) is 41.4 Å². The van der Waals surface area contributed by atoms with E-state index in [1.54, 1.807) is 0 Å². The second-order valence-electron chi connectivity index (χ2n) is 4.97. The number of carbonyl (C=O) groups is 3. The van der Waals surface area contributed by atoms with Crippen molar-refractivity contribution in [3.63, 3.8) is 0 Å². The summed E-state index contributed by atoms with van der Waals surface area (Å²) in [6, 6.07) is 4.19. The maximum Gasteiger partial charge on any atom is 0.390 e. The van der Waals surface area contributed by atoms with Crippen LogP contribution in [0.25, 0.3) is 0 Å². The van der Waals surface area contributed by atoms with Gasteiger partial charge in [-0.25, -0.2) is 4.79 Å². The van der Waals surface area contributed by atoms with Crippen LogP contribution in [0.3, 0.4) is 0 Å². The van der Waals surface area contributed by atoms with E-state index < -0.39 is 27.7 Å². The Hall–Kier alpha value is -1.67. The number of carbonyl (C=O) groups excluding carboxylic acids is 3. The van der Waals surface area contributed by atoms with Crippen molar-refractivity contribution in [1.29, 1.82) is 0 Å². The molecule has 1 aromatic rings. The Morgan fingerprint density at radius 1 is 1.42 bits per heavy atom. The van der Waals surface area contributed by atoms with Crippen LogP contribution in [0.1, 0.15) is 22.8 Å². The van der Waals surface area contributed by atoms with Crippen LogP contribution in [-0.2, 0) is 25.5 Å². The van der Waals surface area contributed by atoms with Crippen LogP contribution in [0.4, 0.5) is 8.78 Å². The quantitative estimate of drug-likeness (QED) is 0.579. The lowest BCUT2D eigenvalue weighted by Crippen LogP contribution is -2.47. The first-order chi connectivity index (χ1) is 11.2. The molecule has 9 heteroatoms. The van der Waals surface area contributed by atoms with E-state index >= 15 is 0 Å². The number of hydrogen-bond acceptors (Lipinski definition) is 6. The Morgan fingerprint density at radius 3 is 2.67 bits per heavy atom. The Bertz CT molecular complexity index is 709. The maximum atomic E-state index is 14.2. The molecule has 0 amide bonds. The topological polar surface area (TPSA) is 69.7 Å². The highest BCUT2D eigenvalue weighted by atomic mass is 35.5. The highest BCUT2D eigenvalue weighted by Gasteiger charge is 2.61. The number of benzene rings is 1. The summed E-state index contributed by atoms with van der Waals surface area (Å²) >= 11 is 5.48. The first-order valence-electron chi connectivity index (χ1n) is 6.84. The van der Waals surface area contributed by atoms with Gasteiger partial charge in [0.05, 0.1) is 13.7 Å². The first-order valence-corrected chi connectivity index (χ1v) is 8.04. The number of esters is 2. The highest BCUT2D eigenvalue weighted by molar-refractivity contribution is 8.03. The number of ketones is 1. The van der Waals surface area contributed by atoms with Crippen molar-refractivity contribution in [3.8, 4) is 0 Å². The third-order valence-electron chi connectivity index (χ3n) is 3.45. The van der Waals surface area contributed by atoms with Gasteiger partial charge in [-0.2, -0.15) is 8.78 Å². The fourth-order valence-corrected chi connectivity index (χ4v) is 3.80. The van der Waals surface area contributed by atoms with Crippen molar-refractivity contribution in [2.45, 2.75) is 23.3 Å². The lowest BCUT2D eigenvalue weighted by molar-refractivity contribution is -0.159. The van der Waals surface area contributed by atoms with E-state index in [9.17, 15) is 23.2 Å². The van der Waals surface area contributed by atoms with Gasteiger partial charge in [-0.1, -0.05) is 11.6 Å². The standard InChI is InChI=1S/C15H13ClF2O5S/c1-3-23-13(21)15(17,18)24-14(12(20)22-2)7-8-6-9(16)4-5-10(8)11(14)19/h4-6H,3,7H2,1-2H3. The molecular weight excluding hydrogens is 366 g/mol. The summed E-state index contributed by atoms with van der Waals surface area (Å²) in [6.07, 6.45) is -0.353. The summed E-state index contributed by atoms with van der Waals surface area (Å²) in [5, 5.41) is -3.80. The molecule has 2 rings (SSSR count). The second kappa shape index (κ2) is 6.68. The second-order valence-corrected chi connectivity index (χ2v) is 6.82. The lowest BCUT2D eigenvalue weighted by atomic mass is 10.0. The third kappa shape index (κ3) is 3.12. The molecule has 0 radical (unpaired) electrons. The molecule has 0 fully saturated rings. The number of Topliss-reactive ketones (excluding diaryl/α,β-unsaturated/α-hetero) is 1. The van der Waals surface area contributed by atoms with Crippen molar-refractivity contribution in [1.82, 2.24) is 0 Å². The van der Waals surface area contributed by atoms with Crippen molar-refractivity contribution in [3.05, 3.63) is 34.3 Å². The molecule has 0 N–H and O–H groups in total. The molecule has 1 atom stereocenters. The number of alkyl halides is 2. The fourth-order valence-electron chi connectivity index (χ4n) is 2.43. The zero-order chi connectivity index (χ0) is 18.1. The first kappa shape index (κ1) is 18.7. The van der Waals surface area contributed by atoms with Gasteiger partial charge in [0.15, 0.2) is 10.5 Å². The van der Waals surface area contributed by atoms with Crippen LogP contribution in [0.15, 0.2) is 18.2 Å². The molecule has 0 bridgehead atoms. The average Bonchev–Trinajstić information content (AvgIpc) is 2.78. The van der Waals surface area contributed by atoms with Gasteiger partial charge in [-0.05, 0) is 42.4 Å². The van der Waals surface area contributed by atoms with Gasteiger partial charge >= 0.3 is 17.2 Å². The van der Waals surface area contributed by atoms with Gasteiger partial charge in [0.2, 0.25) is 0 Å². The third-order valence-corrected chi connectivity index (χ3v) is 4.95. The van der Waals surface area contributed by atoms with Crippen LogP contribution in [0.2, 0.25) is 5.02 Å². The van der Waals surface area contributed by atoms with Gasteiger partial charge < -0.3 is 9.47 Å². The van der Waals surface area contributed by atoms with Gasteiger partial charge in [-0.15, -0.1) is 0 Å². The van der Waals surface area contributed by atoms with Gasteiger partial charge in [0.25, 0.3) is 0 Å². The van der Waals surface area contributed by atoms with Gasteiger partial charge in [0, 0.05) is 17.0 Å². The molecule has 0 heterocycles. The van der Waals surface area contributed by atoms with E-state index in [0.717, 1.165) is 7.11 Å². The molecule has 1 unspecified atom stereocenters. The fraction of sp³-hybridized carbons (Fsp3) is 0.400. The van der Waals surface area contributed by atoms with E-state index in [0.29, 0.717) is 10.6 Å². The number of fused-ring (bicyclic) bond motifs is 1. The minimum Gasteiger partial charge on any atom is -0.468 e. The number of thioether (sulfide) groups is 1. The molecule has 0 aliphatic heterocycles. The summed E-state index contributed by atoms with van der Waals surface area (Å²) in [5.41, 5.74) is 0.432. The Kier molecular flexibility index (Phi) is 5.19. The van der Waals surface area contributed by atoms with Crippen molar-refractivity contribution < 1.29 is 32.6 Å². The SMILES string of the molecule is CCOC(=O)C(F)(F)SC1(C(=O)OC)Cc2cc(Cl)ccc2C1=O. The zero-order valence-electron chi connectivity index (χ0n) is 12.7. The summed E-state index contributed by atoms with van der Waals surface area (Å²) < 4.78 is 35.0. The maximum absolute atomic E-state index is 14.2. The molecule has 1 aliphatic rings. The van der Waals surface area contributed by atoms with E-state index in [1.807, 2.05) is 0 Å². The largest absolute Gasteiger partial charge is 0.468 e. The molecular formula is C15H13ClF2O5S. The van der Waals surface area contributed by atoms with Gasteiger partial charge in [0.1, 0.15) is 0 Å². The highest BCUT2D eigenvalue weighted by Crippen LogP contribution is 2.49. The van der Waals surface area contributed by atoms with Crippen molar-refractivity contribution >= 4 is 41.1 Å². The van der Waals surface area contributed by atoms with Crippen molar-refractivity contribution in [2.75, 3.05) is 13.7 Å². The number of rotatable bonds is 5. The van der Waals surface area contributed by atoms with Crippen molar-refractivity contribution in [2.24, 2.45) is 0 Å². The minimum absolute atomic E-state index is 0.0944. The molecule has 24 heavy (non-hydrogen) atoms. The van der Waals surface area contributed by atoms with E-state index in [1.165, 1.54) is 25.1 Å². The normalized spacial score (nSPS) is 19.8. The molecule has 1 aliphatic carbocycles. The lowest BCUT2D eigenvalue weighted by Gasteiger charge is -2.27. The number of halogens is 3. The summed E-state index contributed by atoms with van der Waals surface area (Å²) in [5.74, 6) is -3.83. The van der Waals surface area contributed by atoms with E-state index in [-0.39, 0.29) is 30.4 Å². The zero-order valence-corrected chi connectivity index (χ0v) is 14.3. The van der Waals surface area contributed by atoms with E-state index in [4.69, 9.17) is 11.6 Å². The Labute approximate surface area is 145 Å². The Balaban J connectivity index is 2.46. The molecule has 0 spiro atoms. The van der Waals surface area contributed by atoms with Gasteiger partial charge in [-0.3, -0.25) is 9.59 Å². The number of hydrogen-bond donors (Lipinski definition) is 0. The predicted molar refractivity (Wildman–Crippen MR) is 83.4 cm³/mol. The predicted octanol–water partition coefficient (Wildman–Crippen LogP) is 2.88. The summed E-state index contributed by atoms with van der Waals surface area (Å²) in [4.78, 5) is 36.3. The molecule has 1 aromatic carbocycles. The minimum atomic E-state index is -4.09. The monoisotopic (exact) mass is 378 g/mol. The number of ether oxygens (including phenoxy) is 2. The molecule has 0 saturated heterocycles. The van der Waals surface area contributed by atoms with Crippen LogP contribution < -0.4 is 0 Å².